The van der Waals surface area contributed by atoms with Gasteiger partial charge in [-0.25, -0.2) is 18.9 Å². The molecule has 32 heavy (non-hydrogen) atoms. The van der Waals surface area contributed by atoms with E-state index < -0.39 is 0 Å². The Bertz CT molecular complexity index is 1290. The first-order valence-corrected chi connectivity index (χ1v) is 11.3. The van der Waals surface area contributed by atoms with Crippen molar-refractivity contribution in [2.24, 2.45) is 0 Å². The molecular weight excluding hydrogens is 472 g/mol. The van der Waals surface area contributed by atoms with Crippen molar-refractivity contribution in [2.75, 3.05) is 25.5 Å². The highest BCUT2D eigenvalue weighted by molar-refractivity contribution is 9.10. The molecule has 1 saturated heterocycles. The van der Waals surface area contributed by atoms with Gasteiger partial charge < -0.3 is 10.5 Å². The van der Waals surface area contributed by atoms with E-state index in [0.29, 0.717) is 35.6 Å². The van der Waals surface area contributed by atoms with Crippen molar-refractivity contribution in [3.8, 4) is 11.3 Å². The fourth-order valence-corrected chi connectivity index (χ4v) is 4.64. The number of aromatic nitrogens is 4. The summed E-state index contributed by atoms with van der Waals surface area (Å²) in [5, 5.41) is 4.61. The van der Waals surface area contributed by atoms with Crippen LogP contribution in [-0.4, -0.2) is 49.9 Å². The summed E-state index contributed by atoms with van der Waals surface area (Å²) in [6.07, 6.45) is 0. The lowest BCUT2D eigenvalue weighted by atomic mass is 10.1. The van der Waals surface area contributed by atoms with E-state index in [-0.39, 0.29) is 17.7 Å². The van der Waals surface area contributed by atoms with E-state index in [9.17, 15) is 4.79 Å². The van der Waals surface area contributed by atoms with E-state index in [0.717, 1.165) is 18.7 Å². The van der Waals surface area contributed by atoms with E-state index in [4.69, 9.17) is 10.5 Å². The Hall–Kier alpha value is -3.01. The van der Waals surface area contributed by atoms with Crippen LogP contribution in [-0.2, 0) is 17.8 Å². The van der Waals surface area contributed by atoms with E-state index >= 15 is 0 Å². The Balaban J connectivity index is 1.49. The van der Waals surface area contributed by atoms with E-state index in [1.54, 1.807) is 0 Å². The fourth-order valence-electron chi connectivity index (χ4n) is 4.07. The van der Waals surface area contributed by atoms with Gasteiger partial charge in [-0.2, -0.15) is 0 Å². The Morgan fingerprint density at radius 2 is 1.81 bits per heavy atom. The second-order valence-electron chi connectivity index (χ2n) is 7.81. The predicted molar refractivity (Wildman–Crippen MR) is 126 cm³/mol. The molecule has 1 aliphatic rings. The van der Waals surface area contributed by atoms with E-state index in [2.05, 4.69) is 43.0 Å². The number of nitrogens with zero attached hydrogens (tertiary/aromatic N) is 5. The first-order valence-electron chi connectivity index (χ1n) is 10.5. The molecule has 1 atom stereocenters. The van der Waals surface area contributed by atoms with Gasteiger partial charge >= 0.3 is 5.69 Å². The van der Waals surface area contributed by atoms with Gasteiger partial charge in [0.2, 0.25) is 5.95 Å². The second kappa shape index (κ2) is 8.85. The Morgan fingerprint density at radius 3 is 2.56 bits per heavy atom. The highest BCUT2D eigenvalue weighted by Gasteiger charge is 2.26. The lowest BCUT2D eigenvalue weighted by Gasteiger charge is -2.35. The minimum Gasteiger partial charge on any atom is -0.378 e. The van der Waals surface area contributed by atoms with Gasteiger partial charge in [0.1, 0.15) is 0 Å². The maximum atomic E-state index is 13.2. The molecule has 164 valence electrons. The third-order valence-corrected chi connectivity index (χ3v) is 6.44. The van der Waals surface area contributed by atoms with Gasteiger partial charge in [-0.15, -0.1) is 5.10 Å². The molecule has 3 heterocycles. The molecular formula is C23H23BrN6O2. The zero-order chi connectivity index (χ0) is 22.1. The van der Waals surface area contributed by atoms with Crippen molar-refractivity contribution in [3.63, 3.8) is 0 Å². The standard InChI is InChI=1S/C23H23BrN6O2/c24-19-20(17-9-5-2-6-10-17)26-22(25)30-21(19)27-29(23(30)31)14-18-15-32-12-11-28(18)13-16-7-3-1-4-8-16/h1-10,18H,11-15H2,(H2,25,26). The number of benzene rings is 2. The summed E-state index contributed by atoms with van der Waals surface area (Å²) < 4.78 is 9.17. The zero-order valence-corrected chi connectivity index (χ0v) is 19.0. The van der Waals surface area contributed by atoms with Gasteiger partial charge in [0.05, 0.1) is 36.0 Å². The number of halogens is 1. The molecule has 0 bridgehead atoms. The van der Waals surface area contributed by atoms with Crippen molar-refractivity contribution < 1.29 is 4.74 Å². The average Bonchev–Trinajstić information content (AvgIpc) is 3.15. The molecule has 8 nitrogen and oxygen atoms in total. The van der Waals surface area contributed by atoms with Gasteiger partial charge in [0.15, 0.2) is 5.65 Å². The Labute approximate surface area is 193 Å². The number of hydrogen-bond acceptors (Lipinski definition) is 6. The maximum absolute atomic E-state index is 13.2. The lowest BCUT2D eigenvalue weighted by molar-refractivity contribution is -0.0191. The topological polar surface area (TPSA) is 90.7 Å². The van der Waals surface area contributed by atoms with Crippen molar-refractivity contribution >= 4 is 27.5 Å². The number of nitrogen functional groups attached to an aromatic ring is 1. The molecule has 0 saturated carbocycles. The normalized spacial score (nSPS) is 17.1. The third kappa shape index (κ3) is 3.94. The van der Waals surface area contributed by atoms with E-state index in [1.165, 1.54) is 14.6 Å². The lowest BCUT2D eigenvalue weighted by Crippen LogP contribution is -2.48. The maximum Gasteiger partial charge on any atom is 0.353 e. The van der Waals surface area contributed by atoms with Crippen molar-refractivity contribution in [3.05, 3.63) is 81.2 Å². The second-order valence-corrected chi connectivity index (χ2v) is 8.60. The third-order valence-electron chi connectivity index (χ3n) is 5.71. The molecule has 2 N–H and O–H groups in total. The quantitative estimate of drug-likeness (QED) is 0.458. The Morgan fingerprint density at radius 1 is 1.09 bits per heavy atom. The summed E-state index contributed by atoms with van der Waals surface area (Å²) in [6, 6.07) is 20.0. The summed E-state index contributed by atoms with van der Waals surface area (Å²) in [4.78, 5) is 20.0. The largest absolute Gasteiger partial charge is 0.378 e. The van der Waals surface area contributed by atoms with E-state index in [1.807, 2.05) is 48.5 Å². The number of fused-ring (bicyclic) bond motifs is 1. The molecule has 0 spiro atoms. The summed E-state index contributed by atoms with van der Waals surface area (Å²) in [5.74, 6) is 0.110. The van der Waals surface area contributed by atoms with Gasteiger partial charge in [0, 0.05) is 18.7 Å². The van der Waals surface area contributed by atoms with Crippen LogP contribution in [0.4, 0.5) is 5.95 Å². The molecule has 2 aromatic carbocycles. The molecule has 4 aromatic rings. The molecule has 9 heteroatoms. The minimum absolute atomic E-state index is 0.0214. The molecule has 0 aliphatic carbocycles. The van der Waals surface area contributed by atoms with Crippen LogP contribution in [0.25, 0.3) is 16.9 Å². The average molecular weight is 495 g/mol. The van der Waals surface area contributed by atoms with Gasteiger partial charge in [-0.3, -0.25) is 4.90 Å². The monoisotopic (exact) mass is 494 g/mol. The van der Waals surface area contributed by atoms with Crippen LogP contribution in [0.15, 0.2) is 69.9 Å². The molecule has 0 radical (unpaired) electrons. The van der Waals surface area contributed by atoms with Gasteiger partial charge in [-0.05, 0) is 21.5 Å². The van der Waals surface area contributed by atoms with Crippen LogP contribution in [0.5, 0.6) is 0 Å². The first-order chi connectivity index (χ1) is 15.6. The van der Waals surface area contributed by atoms with Crippen LogP contribution in [0.2, 0.25) is 0 Å². The summed E-state index contributed by atoms with van der Waals surface area (Å²) in [5.41, 5.74) is 9.10. The molecule has 0 amide bonds. The van der Waals surface area contributed by atoms with Crippen molar-refractivity contribution in [2.45, 2.75) is 19.1 Å². The fraction of sp³-hybridized carbons (Fsp3) is 0.261. The SMILES string of the molecule is Nc1nc(-c2ccccc2)c(Br)c2nn(CC3COCCN3Cc3ccccc3)c(=O)n12. The van der Waals surface area contributed by atoms with Crippen LogP contribution in [0, 0.1) is 0 Å². The van der Waals surface area contributed by atoms with Gasteiger partial charge in [0.25, 0.3) is 0 Å². The van der Waals surface area contributed by atoms with Gasteiger partial charge in [-0.1, -0.05) is 60.7 Å². The summed E-state index contributed by atoms with van der Waals surface area (Å²) in [7, 11) is 0. The predicted octanol–water partition coefficient (Wildman–Crippen LogP) is 2.80. The molecule has 1 aliphatic heterocycles. The van der Waals surface area contributed by atoms with Crippen molar-refractivity contribution in [1.82, 2.24) is 24.1 Å². The van der Waals surface area contributed by atoms with Crippen LogP contribution >= 0.6 is 15.9 Å². The summed E-state index contributed by atoms with van der Waals surface area (Å²) in [6.45, 7) is 3.21. The molecule has 2 aromatic heterocycles. The molecule has 1 unspecified atom stereocenters. The van der Waals surface area contributed by atoms with Crippen LogP contribution in [0.1, 0.15) is 5.56 Å². The minimum atomic E-state index is -0.310. The number of rotatable bonds is 5. The Kier molecular flexibility index (Phi) is 5.77. The number of morpholine rings is 1. The van der Waals surface area contributed by atoms with Crippen LogP contribution in [0.3, 0.4) is 0 Å². The first kappa shape index (κ1) is 20.9. The smallest absolute Gasteiger partial charge is 0.353 e. The number of hydrogen-bond donors (Lipinski definition) is 1. The highest BCUT2D eigenvalue weighted by atomic mass is 79.9. The molecule has 1 fully saturated rings. The van der Waals surface area contributed by atoms with Crippen molar-refractivity contribution in [1.29, 1.82) is 0 Å². The molecule has 5 rings (SSSR count). The summed E-state index contributed by atoms with van der Waals surface area (Å²) >= 11 is 3.59. The number of ether oxygens (including phenoxy) is 1. The number of anilines is 1. The number of nitrogens with two attached hydrogens (primary N) is 1. The zero-order valence-electron chi connectivity index (χ0n) is 17.4. The van der Waals surface area contributed by atoms with Crippen LogP contribution < -0.4 is 11.4 Å². The highest BCUT2D eigenvalue weighted by Crippen LogP contribution is 2.30.